The summed E-state index contributed by atoms with van der Waals surface area (Å²) in [4.78, 5) is 5.27. The Morgan fingerprint density at radius 1 is 0.207 bits per heavy atom. The highest BCUT2D eigenvalue weighted by molar-refractivity contribution is 6.02. The highest BCUT2D eigenvalue weighted by Crippen LogP contribution is 2.67. The molecule has 0 radical (unpaired) electrons. The third-order valence-electron chi connectivity index (χ3n) is 23.4. The average Bonchev–Trinajstić information content (AvgIpc) is 1.51. The van der Waals surface area contributed by atoms with Gasteiger partial charge >= 0.3 is 0 Å². The lowest BCUT2D eigenvalue weighted by Crippen LogP contribution is -2.27. The first-order valence-electron chi connectivity index (χ1n) is 33.0. The first-order valence-corrected chi connectivity index (χ1v) is 33.0. The molecule has 0 saturated heterocycles. The van der Waals surface area contributed by atoms with Gasteiger partial charge in [0.15, 0.2) is 0 Å². The summed E-state index contributed by atoms with van der Waals surface area (Å²) >= 11 is 0. The van der Waals surface area contributed by atoms with E-state index in [9.17, 15) is 0 Å². The third kappa shape index (κ3) is 6.35. The molecule has 1 atom stereocenters. The fourth-order valence-electron chi connectivity index (χ4n) is 19.2. The standard InChI is InChI=1S/C90H66N2/c1-86(2)72-32-15-8-23-61(72)67-42-39-54(48-79(67)86)91-56-41-44-69-63-25-10-18-35-75(63)89(7,81(69)50-56)83-52-59(51-82-84(83)71-29-14-17-34-74(71)88(82,5)6)92(55-40-43-68-62-24-9-16-33-73(62)87(3,4)80(68)49-55)58-46-53(45-57(91)47-58)60-30-22-31-70-66-28-13-21-38-78(66)90(85(60)70)76-36-19-11-26-64(76)65-27-12-20-37-77(65)90/h8-52H,1-7H3. The van der Waals surface area contributed by atoms with E-state index in [1.807, 2.05) is 0 Å². The van der Waals surface area contributed by atoms with Crippen LogP contribution in [-0.4, -0.2) is 0 Å². The Morgan fingerprint density at radius 3 is 1.03 bits per heavy atom. The molecule has 13 aromatic rings. The van der Waals surface area contributed by atoms with Gasteiger partial charge in [0.05, 0.1) is 5.41 Å². The number of fused-ring (bicyclic) bond motifs is 29. The molecule has 0 saturated carbocycles. The Bertz CT molecular complexity index is 5430. The van der Waals surface area contributed by atoms with Crippen molar-refractivity contribution < 1.29 is 0 Å². The molecule has 6 aliphatic carbocycles. The van der Waals surface area contributed by atoms with Crippen LogP contribution in [0, 0.1) is 0 Å². The number of hydrogen-bond donors (Lipinski definition) is 0. The van der Waals surface area contributed by atoms with E-state index < -0.39 is 10.8 Å². The molecule has 0 N–H and O–H groups in total. The zero-order valence-electron chi connectivity index (χ0n) is 52.9. The first kappa shape index (κ1) is 52.3. The second-order valence-electron chi connectivity index (χ2n) is 28.8. The predicted molar refractivity (Wildman–Crippen MR) is 381 cm³/mol. The summed E-state index contributed by atoms with van der Waals surface area (Å²) < 4.78 is 0. The minimum Gasteiger partial charge on any atom is -0.310 e. The van der Waals surface area contributed by atoms with Gasteiger partial charge < -0.3 is 9.80 Å². The van der Waals surface area contributed by atoms with E-state index >= 15 is 0 Å². The second kappa shape index (κ2) is 17.7. The maximum absolute atomic E-state index is 2.66. The first-order chi connectivity index (χ1) is 44.8. The zero-order chi connectivity index (χ0) is 61.5. The molecule has 2 heteroatoms. The maximum atomic E-state index is 2.66. The van der Waals surface area contributed by atoms with Crippen molar-refractivity contribution in [2.75, 3.05) is 9.80 Å². The second-order valence-corrected chi connectivity index (χ2v) is 28.8. The van der Waals surface area contributed by atoms with Crippen LogP contribution in [0.3, 0.4) is 0 Å². The highest BCUT2D eigenvalue weighted by Gasteiger charge is 2.53. The highest BCUT2D eigenvalue weighted by atomic mass is 15.2. The van der Waals surface area contributed by atoms with Crippen molar-refractivity contribution in [2.45, 2.75) is 75.5 Å². The summed E-state index contributed by atoms with van der Waals surface area (Å²) in [5.41, 5.74) is 40.3. The monoisotopic (exact) mass is 1170 g/mol. The van der Waals surface area contributed by atoms with Gasteiger partial charge in [-0.3, -0.25) is 0 Å². The molecule has 0 amide bonds. The molecular weight excluding hydrogens is 1110 g/mol. The van der Waals surface area contributed by atoms with Gasteiger partial charge in [-0.2, -0.15) is 0 Å². The fraction of sp³-hybridized carbons (Fsp3) is 0.133. The number of benzene rings is 13. The molecule has 13 aromatic carbocycles. The van der Waals surface area contributed by atoms with Crippen molar-refractivity contribution >= 4 is 34.1 Å². The topological polar surface area (TPSA) is 6.48 Å². The smallest absolute Gasteiger partial charge is 0.0731 e. The molecule has 6 bridgehead atoms. The van der Waals surface area contributed by atoms with E-state index in [-0.39, 0.29) is 16.2 Å². The van der Waals surface area contributed by atoms with Gasteiger partial charge in [-0.05, 0) is 224 Å². The largest absolute Gasteiger partial charge is 0.310 e. The van der Waals surface area contributed by atoms with Crippen molar-refractivity contribution in [3.05, 3.63) is 345 Å². The van der Waals surface area contributed by atoms with Crippen LogP contribution < -0.4 is 9.80 Å². The number of rotatable bonds is 3. The fourth-order valence-corrected chi connectivity index (χ4v) is 19.2. The predicted octanol–water partition coefficient (Wildman–Crippen LogP) is 23.2. The molecule has 0 fully saturated rings. The SMILES string of the molecule is CC1(C)c2ccccc2-c2ccc(N3c4cc(-c5cccc6c5C5(c7ccccc7-c7ccccc75)c5ccccc5-6)cc(c4)N(c4ccc5c(c4)C(C)(C)c4ccccc4-5)c4cc5c(c(c4)C4(C)c6ccccc6-c6ccc3cc64)-c3ccccc3C5(C)C)cc21. The molecule has 7 aliphatic rings. The number of anilines is 6. The summed E-state index contributed by atoms with van der Waals surface area (Å²) in [6.45, 7) is 17.1. The van der Waals surface area contributed by atoms with Gasteiger partial charge in [-0.25, -0.2) is 0 Å². The molecule has 0 aromatic heterocycles. The van der Waals surface area contributed by atoms with Crippen LogP contribution in [0.4, 0.5) is 34.1 Å². The lowest BCUT2D eigenvalue weighted by molar-refractivity contribution is 0.656. The van der Waals surface area contributed by atoms with Crippen LogP contribution in [0.1, 0.15) is 121 Å². The maximum Gasteiger partial charge on any atom is 0.0731 e. The Kier molecular flexibility index (Phi) is 10.0. The molecule has 1 spiro atoms. The minimum absolute atomic E-state index is 0.230. The molecule has 2 nitrogen and oxygen atoms in total. The summed E-state index contributed by atoms with van der Waals surface area (Å²) in [5.74, 6) is 0. The third-order valence-corrected chi connectivity index (χ3v) is 23.4. The molecule has 1 heterocycles. The van der Waals surface area contributed by atoms with Gasteiger partial charge in [0, 0.05) is 55.8 Å². The van der Waals surface area contributed by atoms with Crippen LogP contribution >= 0.6 is 0 Å². The van der Waals surface area contributed by atoms with Gasteiger partial charge in [0.25, 0.3) is 0 Å². The Balaban J connectivity index is 0.945. The van der Waals surface area contributed by atoms with Gasteiger partial charge in [-0.1, -0.05) is 248 Å². The van der Waals surface area contributed by atoms with Crippen molar-refractivity contribution in [3.63, 3.8) is 0 Å². The average molecular weight is 1180 g/mol. The van der Waals surface area contributed by atoms with Crippen LogP contribution in [0.15, 0.2) is 273 Å². The lowest BCUT2D eigenvalue weighted by atomic mass is 9.68. The molecular formula is C90H66N2. The molecule has 436 valence electrons. The van der Waals surface area contributed by atoms with Gasteiger partial charge in [0.2, 0.25) is 0 Å². The number of nitrogens with zero attached hydrogens (tertiary/aromatic N) is 2. The summed E-state index contributed by atoms with van der Waals surface area (Å²) in [7, 11) is 0. The summed E-state index contributed by atoms with van der Waals surface area (Å²) in [5, 5.41) is 0. The van der Waals surface area contributed by atoms with E-state index in [0.29, 0.717) is 0 Å². The Morgan fingerprint density at radius 2 is 0.522 bits per heavy atom. The van der Waals surface area contributed by atoms with E-state index in [0.717, 1.165) is 39.7 Å². The lowest BCUT2D eigenvalue weighted by Gasteiger charge is -2.37. The Labute approximate surface area is 539 Å². The van der Waals surface area contributed by atoms with E-state index in [2.05, 4.69) is 331 Å². The number of hydrogen-bond acceptors (Lipinski definition) is 2. The molecule has 1 unspecified atom stereocenters. The summed E-state index contributed by atoms with van der Waals surface area (Å²) in [6, 6.07) is 107. The van der Waals surface area contributed by atoms with E-state index in [1.165, 1.54) is 145 Å². The van der Waals surface area contributed by atoms with Crippen LogP contribution in [0.2, 0.25) is 0 Å². The van der Waals surface area contributed by atoms with Crippen molar-refractivity contribution in [1.82, 2.24) is 0 Å². The van der Waals surface area contributed by atoms with E-state index in [1.54, 1.807) is 0 Å². The molecule has 92 heavy (non-hydrogen) atoms. The molecule has 20 rings (SSSR count). The van der Waals surface area contributed by atoms with Crippen LogP contribution in [0.5, 0.6) is 0 Å². The van der Waals surface area contributed by atoms with Crippen molar-refractivity contribution in [1.29, 1.82) is 0 Å². The van der Waals surface area contributed by atoms with Crippen LogP contribution in [-0.2, 0) is 27.1 Å². The van der Waals surface area contributed by atoms with Crippen molar-refractivity contribution in [3.8, 4) is 77.9 Å². The minimum atomic E-state index is -0.581. The van der Waals surface area contributed by atoms with Crippen molar-refractivity contribution in [2.24, 2.45) is 0 Å². The summed E-state index contributed by atoms with van der Waals surface area (Å²) in [6.07, 6.45) is 0. The Hall–Kier alpha value is -10.5. The normalized spacial score (nSPS) is 17.6. The quantitative estimate of drug-likeness (QED) is 0.174. The van der Waals surface area contributed by atoms with Gasteiger partial charge in [0.1, 0.15) is 0 Å². The van der Waals surface area contributed by atoms with Gasteiger partial charge in [-0.15, -0.1) is 0 Å². The van der Waals surface area contributed by atoms with E-state index in [4.69, 9.17) is 0 Å². The zero-order valence-corrected chi connectivity index (χ0v) is 52.9. The molecule has 1 aliphatic heterocycles. The van der Waals surface area contributed by atoms with Crippen LogP contribution in [0.25, 0.3) is 77.9 Å².